The van der Waals surface area contributed by atoms with E-state index < -0.39 is 10.2 Å². The standard InChI is InChI=1S/C15H21FN4O2S/c1-19(10-11-3-4-11)23(21,22)17-8-7-15-18-13-6-5-12(16)9-14(13)20(15)2/h5-6,9,11,17H,3-4,7-8,10H2,1-2H3. The molecule has 0 unspecified atom stereocenters. The van der Waals surface area contributed by atoms with Gasteiger partial charge in [-0.1, -0.05) is 0 Å². The van der Waals surface area contributed by atoms with Crippen LogP contribution in [-0.4, -0.2) is 42.4 Å². The summed E-state index contributed by atoms with van der Waals surface area (Å²) in [7, 11) is -0.0497. The van der Waals surface area contributed by atoms with Gasteiger partial charge in [-0.3, -0.25) is 0 Å². The summed E-state index contributed by atoms with van der Waals surface area (Å²) in [6, 6.07) is 4.43. The summed E-state index contributed by atoms with van der Waals surface area (Å²) in [4.78, 5) is 4.42. The number of benzene rings is 1. The minimum Gasteiger partial charge on any atom is -0.331 e. The summed E-state index contributed by atoms with van der Waals surface area (Å²) in [5, 5.41) is 0. The Morgan fingerprint density at radius 1 is 1.43 bits per heavy atom. The molecule has 1 aliphatic rings. The summed E-state index contributed by atoms with van der Waals surface area (Å²) >= 11 is 0. The molecule has 2 aromatic rings. The van der Waals surface area contributed by atoms with Crippen LogP contribution in [0, 0.1) is 11.7 Å². The third-order valence-electron chi connectivity index (χ3n) is 4.19. The van der Waals surface area contributed by atoms with Crippen LogP contribution < -0.4 is 4.72 Å². The first-order chi connectivity index (χ1) is 10.9. The van der Waals surface area contributed by atoms with Gasteiger partial charge >= 0.3 is 0 Å². The molecule has 1 saturated carbocycles. The fourth-order valence-electron chi connectivity index (χ4n) is 2.60. The quantitative estimate of drug-likeness (QED) is 0.829. The summed E-state index contributed by atoms with van der Waals surface area (Å²) in [6.45, 7) is 0.831. The molecule has 1 N–H and O–H groups in total. The van der Waals surface area contributed by atoms with E-state index in [4.69, 9.17) is 0 Å². The Hall–Kier alpha value is -1.51. The normalized spacial score (nSPS) is 15.7. The molecule has 23 heavy (non-hydrogen) atoms. The highest BCUT2D eigenvalue weighted by Gasteiger charge is 2.27. The molecule has 1 aromatic heterocycles. The van der Waals surface area contributed by atoms with Gasteiger partial charge in [0.25, 0.3) is 10.2 Å². The van der Waals surface area contributed by atoms with Crippen molar-refractivity contribution in [3.8, 4) is 0 Å². The maximum Gasteiger partial charge on any atom is 0.279 e. The van der Waals surface area contributed by atoms with Gasteiger partial charge in [0.1, 0.15) is 11.6 Å². The third-order valence-corrected chi connectivity index (χ3v) is 5.73. The molecule has 0 bridgehead atoms. The Morgan fingerprint density at radius 3 is 2.87 bits per heavy atom. The summed E-state index contributed by atoms with van der Waals surface area (Å²) in [5.74, 6) is 0.916. The number of imidazole rings is 1. The predicted molar refractivity (Wildman–Crippen MR) is 86.7 cm³/mol. The second-order valence-electron chi connectivity index (χ2n) is 6.09. The molecule has 8 heteroatoms. The summed E-state index contributed by atoms with van der Waals surface area (Å²) in [5.41, 5.74) is 1.41. The first-order valence-electron chi connectivity index (χ1n) is 7.68. The van der Waals surface area contributed by atoms with Crippen LogP contribution in [0.25, 0.3) is 11.0 Å². The number of hydrogen-bond acceptors (Lipinski definition) is 3. The first-order valence-corrected chi connectivity index (χ1v) is 9.12. The number of aromatic nitrogens is 2. The monoisotopic (exact) mass is 340 g/mol. The van der Waals surface area contributed by atoms with Gasteiger partial charge in [0.2, 0.25) is 0 Å². The van der Waals surface area contributed by atoms with Crippen LogP contribution in [0.2, 0.25) is 0 Å². The second-order valence-corrected chi connectivity index (χ2v) is 7.96. The lowest BCUT2D eigenvalue weighted by Crippen LogP contribution is -2.40. The van der Waals surface area contributed by atoms with Gasteiger partial charge in [0.05, 0.1) is 11.0 Å². The van der Waals surface area contributed by atoms with Crippen molar-refractivity contribution in [3.63, 3.8) is 0 Å². The van der Waals surface area contributed by atoms with Crippen LogP contribution in [0.15, 0.2) is 18.2 Å². The van der Waals surface area contributed by atoms with Crippen LogP contribution in [0.5, 0.6) is 0 Å². The van der Waals surface area contributed by atoms with E-state index in [0.717, 1.165) is 18.7 Å². The van der Waals surface area contributed by atoms with E-state index in [1.54, 1.807) is 24.7 Å². The van der Waals surface area contributed by atoms with Crippen molar-refractivity contribution in [2.24, 2.45) is 13.0 Å². The van der Waals surface area contributed by atoms with Gasteiger partial charge in [-0.05, 0) is 37.0 Å². The first kappa shape index (κ1) is 16.4. The van der Waals surface area contributed by atoms with Crippen LogP contribution in [-0.2, 0) is 23.7 Å². The Kier molecular flexibility index (Phi) is 4.39. The fraction of sp³-hybridized carbons (Fsp3) is 0.533. The zero-order chi connectivity index (χ0) is 16.6. The molecule has 1 fully saturated rings. The Bertz CT molecular complexity index is 814. The second kappa shape index (κ2) is 6.18. The van der Waals surface area contributed by atoms with E-state index in [-0.39, 0.29) is 12.4 Å². The van der Waals surface area contributed by atoms with Crippen molar-refractivity contribution in [3.05, 3.63) is 29.8 Å². The molecule has 1 heterocycles. The number of rotatable bonds is 7. The number of nitrogens with zero attached hydrogens (tertiary/aromatic N) is 3. The maximum atomic E-state index is 13.3. The SMILES string of the molecule is CN(CC1CC1)S(=O)(=O)NCCc1nc2ccc(F)cc2n1C. The number of nitrogens with one attached hydrogen (secondary N) is 1. The van der Waals surface area contributed by atoms with Gasteiger partial charge in [0, 0.05) is 33.6 Å². The van der Waals surface area contributed by atoms with Crippen LogP contribution in [0.3, 0.4) is 0 Å². The third kappa shape index (κ3) is 3.70. The predicted octanol–water partition coefficient (Wildman–Crippen LogP) is 1.43. The lowest BCUT2D eigenvalue weighted by Gasteiger charge is -2.17. The van der Waals surface area contributed by atoms with E-state index in [9.17, 15) is 12.8 Å². The topological polar surface area (TPSA) is 67.2 Å². The molecule has 0 saturated heterocycles. The molecule has 0 aliphatic heterocycles. The Labute approximate surface area is 135 Å². The number of hydrogen-bond donors (Lipinski definition) is 1. The van der Waals surface area contributed by atoms with Crippen molar-refractivity contribution >= 4 is 21.2 Å². The average molecular weight is 340 g/mol. The van der Waals surface area contributed by atoms with E-state index in [2.05, 4.69) is 9.71 Å². The maximum absolute atomic E-state index is 13.3. The zero-order valence-corrected chi connectivity index (χ0v) is 14.1. The molecule has 6 nitrogen and oxygen atoms in total. The van der Waals surface area contributed by atoms with E-state index >= 15 is 0 Å². The molecule has 126 valence electrons. The number of aryl methyl sites for hydroxylation is 1. The molecule has 0 atom stereocenters. The number of halogens is 1. The van der Waals surface area contributed by atoms with E-state index in [1.165, 1.54) is 16.4 Å². The van der Waals surface area contributed by atoms with Gasteiger partial charge < -0.3 is 4.57 Å². The van der Waals surface area contributed by atoms with Crippen LogP contribution in [0.4, 0.5) is 4.39 Å². The highest BCUT2D eigenvalue weighted by atomic mass is 32.2. The summed E-state index contributed by atoms with van der Waals surface area (Å²) in [6.07, 6.45) is 2.66. The highest BCUT2D eigenvalue weighted by molar-refractivity contribution is 7.87. The van der Waals surface area contributed by atoms with Crippen molar-refractivity contribution < 1.29 is 12.8 Å². The Balaban J connectivity index is 1.63. The van der Waals surface area contributed by atoms with Gasteiger partial charge in [-0.25, -0.2) is 14.1 Å². The van der Waals surface area contributed by atoms with Crippen LogP contribution in [0.1, 0.15) is 18.7 Å². The van der Waals surface area contributed by atoms with Crippen molar-refractivity contribution in [1.82, 2.24) is 18.6 Å². The smallest absolute Gasteiger partial charge is 0.279 e. The lowest BCUT2D eigenvalue weighted by atomic mass is 10.3. The molecule has 0 radical (unpaired) electrons. The van der Waals surface area contributed by atoms with Crippen molar-refractivity contribution in [2.75, 3.05) is 20.1 Å². The van der Waals surface area contributed by atoms with Gasteiger partial charge in [-0.2, -0.15) is 12.7 Å². The molecular formula is C15H21FN4O2S. The highest BCUT2D eigenvalue weighted by Crippen LogP contribution is 2.29. The van der Waals surface area contributed by atoms with E-state index in [0.29, 0.717) is 29.9 Å². The van der Waals surface area contributed by atoms with Crippen molar-refractivity contribution in [1.29, 1.82) is 0 Å². The van der Waals surface area contributed by atoms with Crippen molar-refractivity contribution in [2.45, 2.75) is 19.3 Å². The van der Waals surface area contributed by atoms with Gasteiger partial charge in [0.15, 0.2) is 0 Å². The summed E-state index contributed by atoms with van der Waals surface area (Å²) < 4.78 is 43.3. The minimum atomic E-state index is -3.45. The van der Waals surface area contributed by atoms with Crippen LogP contribution >= 0.6 is 0 Å². The minimum absolute atomic E-state index is 0.261. The molecule has 1 aliphatic carbocycles. The molecular weight excluding hydrogens is 319 g/mol. The Morgan fingerprint density at radius 2 is 2.17 bits per heavy atom. The molecule has 0 amide bonds. The average Bonchev–Trinajstić information content (AvgIpc) is 3.25. The zero-order valence-electron chi connectivity index (χ0n) is 13.3. The largest absolute Gasteiger partial charge is 0.331 e. The molecule has 1 aromatic carbocycles. The number of fused-ring (bicyclic) bond motifs is 1. The molecule has 0 spiro atoms. The fourth-order valence-corrected chi connectivity index (χ4v) is 3.59. The van der Waals surface area contributed by atoms with E-state index in [1.807, 2.05) is 0 Å². The lowest BCUT2D eigenvalue weighted by molar-refractivity contribution is 0.442. The van der Waals surface area contributed by atoms with Gasteiger partial charge in [-0.15, -0.1) is 0 Å². The molecule has 3 rings (SSSR count).